The highest BCUT2D eigenvalue weighted by atomic mass is 35.5. The van der Waals surface area contributed by atoms with Crippen LogP contribution in [0.5, 0.6) is 0 Å². The number of aromatic amines is 1. The molecule has 2 N–H and O–H groups in total. The second-order valence-corrected chi connectivity index (χ2v) is 8.20. The lowest BCUT2D eigenvalue weighted by Gasteiger charge is -2.12. The third-order valence-corrected chi connectivity index (χ3v) is 6.12. The molecule has 31 heavy (non-hydrogen) atoms. The highest BCUT2D eigenvalue weighted by Crippen LogP contribution is 2.34. The summed E-state index contributed by atoms with van der Waals surface area (Å²) in [4.78, 5) is 45.2. The molecule has 0 saturated carbocycles. The number of aromatic nitrogens is 4. The molecule has 2 heterocycles. The zero-order valence-electron chi connectivity index (χ0n) is 16.7. The summed E-state index contributed by atoms with van der Waals surface area (Å²) in [7, 11) is 1.88. The molecule has 8 nitrogen and oxygen atoms in total. The van der Waals surface area contributed by atoms with Gasteiger partial charge in [0.2, 0.25) is 0 Å². The lowest BCUT2D eigenvalue weighted by Crippen LogP contribution is -2.34. The first-order valence-corrected chi connectivity index (χ1v) is 10.6. The molecule has 0 aliphatic rings. The van der Waals surface area contributed by atoms with Crippen LogP contribution >= 0.6 is 23.4 Å². The van der Waals surface area contributed by atoms with Gasteiger partial charge in [-0.25, -0.2) is 9.78 Å². The zero-order valence-corrected chi connectivity index (χ0v) is 18.3. The summed E-state index contributed by atoms with van der Waals surface area (Å²) in [5, 5.41) is 4.43. The summed E-state index contributed by atoms with van der Waals surface area (Å²) < 4.78 is 2.97. The third-order valence-electron chi connectivity index (χ3n) is 4.73. The van der Waals surface area contributed by atoms with E-state index in [0.29, 0.717) is 27.2 Å². The van der Waals surface area contributed by atoms with Crippen molar-refractivity contribution in [1.82, 2.24) is 19.1 Å². The van der Waals surface area contributed by atoms with Crippen LogP contribution in [0, 0.1) is 0 Å². The Labute approximate surface area is 185 Å². The fraction of sp³-hybridized carbons (Fsp3) is 0.143. The Morgan fingerprint density at radius 1 is 1.23 bits per heavy atom. The first-order valence-electron chi connectivity index (χ1n) is 9.40. The molecule has 10 heteroatoms. The maximum absolute atomic E-state index is 12.9. The van der Waals surface area contributed by atoms with Gasteiger partial charge in [0.1, 0.15) is 0 Å². The summed E-state index contributed by atoms with van der Waals surface area (Å²) in [5.74, 6) is -0.397. The van der Waals surface area contributed by atoms with E-state index in [2.05, 4.69) is 15.3 Å². The largest absolute Gasteiger partial charge is 0.329 e. The first kappa shape index (κ1) is 21.0. The van der Waals surface area contributed by atoms with Crippen molar-refractivity contribution in [2.75, 3.05) is 5.32 Å². The quantitative estimate of drug-likeness (QED) is 0.479. The molecule has 2 aromatic carbocycles. The van der Waals surface area contributed by atoms with Crippen LogP contribution in [0.4, 0.5) is 5.69 Å². The molecule has 0 radical (unpaired) electrons. The van der Waals surface area contributed by atoms with E-state index in [0.717, 1.165) is 14.6 Å². The number of aryl methyl sites for hydroxylation is 1. The number of H-pyrrole nitrogens is 1. The minimum Gasteiger partial charge on any atom is -0.329 e. The minimum atomic E-state index is -0.513. The van der Waals surface area contributed by atoms with Gasteiger partial charge in [0.25, 0.3) is 11.5 Å². The van der Waals surface area contributed by atoms with Crippen molar-refractivity contribution < 1.29 is 4.79 Å². The molecule has 4 aromatic rings. The average Bonchev–Trinajstić information content (AvgIpc) is 3.14. The average molecular weight is 456 g/mol. The van der Waals surface area contributed by atoms with Crippen molar-refractivity contribution in [1.29, 1.82) is 0 Å². The van der Waals surface area contributed by atoms with Gasteiger partial charge in [-0.1, -0.05) is 11.6 Å². The second-order valence-electron chi connectivity index (χ2n) is 6.76. The predicted octanol–water partition coefficient (Wildman–Crippen LogP) is 3.50. The molecular weight excluding hydrogens is 438 g/mol. The zero-order chi connectivity index (χ0) is 22.1. The molecule has 0 bridgehead atoms. The Balaban J connectivity index is 1.68. The van der Waals surface area contributed by atoms with Gasteiger partial charge < -0.3 is 14.9 Å². The fourth-order valence-electron chi connectivity index (χ4n) is 3.11. The maximum Gasteiger partial charge on any atom is 0.328 e. The fourth-order valence-corrected chi connectivity index (χ4v) is 4.16. The van der Waals surface area contributed by atoms with Gasteiger partial charge in [0.05, 0.1) is 16.6 Å². The van der Waals surface area contributed by atoms with Crippen molar-refractivity contribution in [3.63, 3.8) is 0 Å². The van der Waals surface area contributed by atoms with Gasteiger partial charge in [0, 0.05) is 41.5 Å². The number of halogens is 1. The van der Waals surface area contributed by atoms with E-state index >= 15 is 0 Å². The van der Waals surface area contributed by atoms with E-state index in [1.807, 2.05) is 23.9 Å². The van der Waals surface area contributed by atoms with Crippen molar-refractivity contribution in [3.05, 3.63) is 80.2 Å². The number of rotatable bonds is 5. The van der Waals surface area contributed by atoms with Crippen LogP contribution in [0.2, 0.25) is 5.02 Å². The van der Waals surface area contributed by atoms with Crippen LogP contribution in [-0.2, 0) is 13.6 Å². The molecular formula is C21H18ClN5O3S. The van der Waals surface area contributed by atoms with Gasteiger partial charge in [-0.2, -0.15) is 0 Å². The van der Waals surface area contributed by atoms with E-state index < -0.39 is 17.2 Å². The Hall–Kier alpha value is -3.30. The maximum atomic E-state index is 12.9. The van der Waals surface area contributed by atoms with Gasteiger partial charge >= 0.3 is 5.69 Å². The molecule has 1 amide bonds. The normalized spacial score (nSPS) is 11.1. The SMILES string of the molecule is CCn1c(=O)[nH]c2cc(C(=O)Nc3cc(Cl)ccc3Sc3nccn3C)ccc2c1=O. The summed E-state index contributed by atoms with van der Waals surface area (Å²) in [5.41, 5.74) is 0.226. The summed E-state index contributed by atoms with van der Waals surface area (Å²) in [6.45, 7) is 1.98. The number of anilines is 1. The standard InChI is InChI=1S/C21H18ClN5O3S/c1-3-27-19(29)14-6-4-12(10-15(14)25-20(27)30)18(28)24-16-11-13(22)5-7-17(16)31-21-23-8-9-26(21)2/h4-11H,3H2,1-2H3,(H,24,28)(H,25,30). The Bertz CT molecular complexity index is 1420. The number of benzene rings is 2. The summed E-state index contributed by atoms with van der Waals surface area (Å²) in [6.07, 6.45) is 3.53. The minimum absolute atomic E-state index is 0.261. The molecule has 4 rings (SSSR count). The topological polar surface area (TPSA) is 102 Å². The van der Waals surface area contributed by atoms with Gasteiger partial charge in [-0.15, -0.1) is 0 Å². The van der Waals surface area contributed by atoms with Crippen molar-refractivity contribution in [2.45, 2.75) is 23.5 Å². The molecule has 0 aliphatic heterocycles. The number of nitrogens with one attached hydrogen (secondary N) is 2. The Morgan fingerprint density at radius 3 is 2.74 bits per heavy atom. The van der Waals surface area contributed by atoms with Crippen LogP contribution in [-0.4, -0.2) is 25.0 Å². The summed E-state index contributed by atoms with van der Waals surface area (Å²) in [6, 6.07) is 9.78. The van der Waals surface area contributed by atoms with Gasteiger partial charge in [-0.3, -0.25) is 14.2 Å². The number of hydrogen-bond donors (Lipinski definition) is 2. The Kier molecular flexibility index (Phi) is 5.71. The smallest absolute Gasteiger partial charge is 0.328 e. The lowest BCUT2D eigenvalue weighted by molar-refractivity contribution is 0.102. The molecule has 0 fully saturated rings. The molecule has 0 unspecified atom stereocenters. The molecule has 0 spiro atoms. The van der Waals surface area contributed by atoms with Crippen molar-refractivity contribution >= 4 is 45.9 Å². The van der Waals surface area contributed by atoms with Crippen molar-refractivity contribution in [3.8, 4) is 0 Å². The number of imidazole rings is 1. The number of carbonyl (C=O) groups excluding carboxylic acids is 1. The molecule has 0 aliphatic carbocycles. The Morgan fingerprint density at radius 2 is 2.03 bits per heavy atom. The van der Waals surface area contributed by atoms with Crippen LogP contribution in [0.3, 0.4) is 0 Å². The van der Waals surface area contributed by atoms with E-state index in [4.69, 9.17) is 11.6 Å². The predicted molar refractivity (Wildman–Crippen MR) is 121 cm³/mol. The van der Waals surface area contributed by atoms with E-state index in [1.165, 1.54) is 23.9 Å². The number of fused-ring (bicyclic) bond motifs is 1. The van der Waals surface area contributed by atoms with Crippen LogP contribution < -0.4 is 16.6 Å². The molecule has 158 valence electrons. The lowest BCUT2D eigenvalue weighted by atomic mass is 10.1. The molecule has 0 saturated heterocycles. The first-order chi connectivity index (χ1) is 14.9. The highest BCUT2D eigenvalue weighted by molar-refractivity contribution is 7.99. The van der Waals surface area contributed by atoms with Crippen molar-refractivity contribution in [2.24, 2.45) is 7.05 Å². The van der Waals surface area contributed by atoms with E-state index in [1.54, 1.807) is 31.3 Å². The van der Waals surface area contributed by atoms with E-state index in [9.17, 15) is 14.4 Å². The number of hydrogen-bond acceptors (Lipinski definition) is 5. The monoisotopic (exact) mass is 455 g/mol. The van der Waals surface area contributed by atoms with Crippen LogP contribution in [0.1, 0.15) is 17.3 Å². The number of nitrogens with zero attached hydrogens (tertiary/aromatic N) is 3. The summed E-state index contributed by atoms with van der Waals surface area (Å²) >= 11 is 7.53. The second kappa shape index (κ2) is 8.44. The van der Waals surface area contributed by atoms with Gasteiger partial charge in [0.15, 0.2) is 5.16 Å². The van der Waals surface area contributed by atoms with Crippen LogP contribution in [0.25, 0.3) is 10.9 Å². The number of amides is 1. The molecule has 0 atom stereocenters. The van der Waals surface area contributed by atoms with Crippen LogP contribution in [0.15, 0.2) is 68.4 Å². The molecule has 2 aromatic heterocycles. The third kappa shape index (κ3) is 4.14. The van der Waals surface area contributed by atoms with Gasteiger partial charge in [-0.05, 0) is 55.1 Å². The number of carbonyl (C=O) groups is 1. The van der Waals surface area contributed by atoms with E-state index in [-0.39, 0.29) is 6.54 Å². The highest BCUT2D eigenvalue weighted by Gasteiger charge is 2.14.